The zero-order valence-corrected chi connectivity index (χ0v) is 15.7. The molecule has 0 unspecified atom stereocenters. The third-order valence-corrected chi connectivity index (χ3v) is 5.13. The lowest BCUT2D eigenvalue weighted by Crippen LogP contribution is -1.99. The van der Waals surface area contributed by atoms with Crippen molar-refractivity contribution in [1.29, 1.82) is 0 Å². The molecular formula is C21H16ClN3S. The Kier molecular flexibility index (Phi) is 4.69. The second-order valence-electron chi connectivity index (χ2n) is 5.92. The van der Waals surface area contributed by atoms with Crippen LogP contribution >= 0.6 is 22.9 Å². The van der Waals surface area contributed by atoms with Gasteiger partial charge in [0.25, 0.3) is 0 Å². The van der Waals surface area contributed by atoms with Gasteiger partial charge < -0.3 is 0 Å². The average Bonchev–Trinajstić information content (AvgIpc) is 3.15. The summed E-state index contributed by atoms with van der Waals surface area (Å²) in [5.74, 6) is 0. The van der Waals surface area contributed by atoms with Gasteiger partial charge >= 0.3 is 0 Å². The summed E-state index contributed by atoms with van der Waals surface area (Å²) in [6, 6.07) is 22.3. The van der Waals surface area contributed by atoms with Gasteiger partial charge in [-0.2, -0.15) is 5.10 Å². The second kappa shape index (κ2) is 7.28. The Morgan fingerprint density at radius 2 is 1.77 bits per heavy atom. The third kappa shape index (κ3) is 3.62. The minimum absolute atomic E-state index is 0.720. The van der Waals surface area contributed by atoms with E-state index in [4.69, 9.17) is 11.6 Å². The second-order valence-corrected chi connectivity index (χ2v) is 7.21. The zero-order valence-electron chi connectivity index (χ0n) is 14.1. The fraction of sp³-hybridized carbons (Fsp3) is 0.0476. The van der Waals surface area contributed by atoms with E-state index in [1.54, 1.807) is 0 Å². The van der Waals surface area contributed by atoms with E-state index in [1.165, 1.54) is 22.1 Å². The van der Waals surface area contributed by atoms with Crippen molar-refractivity contribution in [2.75, 3.05) is 5.43 Å². The summed E-state index contributed by atoms with van der Waals surface area (Å²) in [6.07, 6.45) is 0. The zero-order chi connectivity index (χ0) is 17.9. The van der Waals surface area contributed by atoms with Crippen LogP contribution < -0.4 is 5.43 Å². The van der Waals surface area contributed by atoms with Crippen LogP contribution in [0.15, 0.2) is 77.2 Å². The van der Waals surface area contributed by atoms with Gasteiger partial charge in [0.2, 0.25) is 5.13 Å². The van der Waals surface area contributed by atoms with Crippen molar-refractivity contribution >= 4 is 44.6 Å². The summed E-state index contributed by atoms with van der Waals surface area (Å²) in [7, 11) is 0. The van der Waals surface area contributed by atoms with Crippen molar-refractivity contribution in [2.24, 2.45) is 5.10 Å². The Hall–Kier alpha value is -2.69. The number of thiazole rings is 1. The minimum Gasteiger partial charge on any atom is -0.252 e. The standard InChI is InChI=1S/C21H16ClN3S/c1-14(17-7-6-15-4-2-3-5-18(15)12-17)24-25-21-23-20(13-26-21)16-8-10-19(22)11-9-16/h2-13H,1H3,(H,23,25). The maximum Gasteiger partial charge on any atom is 0.203 e. The Labute approximate surface area is 161 Å². The van der Waals surface area contributed by atoms with Gasteiger partial charge in [0.05, 0.1) is 11.4 Å². The number of nitrogens with one attached hydrogen (secondary N) is 1. The van der Waals surface area contributed by atoms with E-state index >= 15 is 0 Å². The number of fused-ring (bicyclic) bond motifs is 1. The van der Waals surface area contributed by atoms with Crippen LogP contribution in [-0.4, -0.2) is 10.7 Å². The first-order valence-corrected chi connectivity index (χ1v) is 9.46. The first-order valence-electron chi connectivity index (χ1n) is 8.20. The van der Waals surface area contributed by atoms with Gasteiger partial charge in [0.15, 0.2) is 0 Å². The normalized spacial score (nSPS) is 11.7. The SMILES string of the molecule is CC(=NNc1nc(-c2ccc(Cl)cc2)cs1)c1ccc2ccccc2c1. The summed E-state index contributed by atoms with van der Waals surface area (Å²) >= 11 is 7.46. The summed E-state index contributed by atoms with van der Waals surface area (Å²) < 4.78 is 0. The highest BCUT2D eigenvalue weighted by Crippen LogP contribution is 2.26. The van der Waals surface area contributed by atoms with Gasteiger partial charge in [-0.25, -0.2) is 4.98 Å². The van der Waals surface area contributed by atoms with E-state index in [1.807, 2.05) is 48.7 Å². The van der Waals surface area contributed by atoms with Gasteiger partial charge in [-0.15, -0.1) is 11.3 Å². The lowest BCUT2D eigenvalue weighted by atomic mass is 10.0. The maximum absolute atomic E-state index is 5.94. The Morgan fingerprint density at radius 1 is 1.00 bits per heavy atom. The van der Waals surface area contributed by atoms with Crippen molar-refractivity contribution < 1.29 is 0 Å². The molecule has 0 aliphatic carbocycles. The van der Waals surface area contributed by atoms with Crippen LogP contribution in [0.3, 0.4) is 0 Å². The fourth-order valence-corrected chi connectivity index (χ4v) is 3.48. The van der Waals surface area contributed by atoms with Crippen LogP contribution in [0.4, 0.5) is 5.13 Å². The molecule has 1 heterocycles. The maximum atomic E-state index is 5.94. The van der Waals surface area contributed by atoms with Crippen LogP contribution in [0.1, 0.15) is 12.5 Å². The number of nitrogens with zero attached hydrogens (tertiary/aromatic N) is 2. The number of rotatable bonds is 4. The summed E-state index contributed by atoms with van der Waals surface area (Å²) in [6.45, 7) is 1.99. The molecule has 26 heavy (non-hydrogen) atoms. The van der Waals surface area contributed by atoms with E-state index in [-0.39, 0.29) is 0 Å². The molecule has 0 spiro atoms. The molecule has 1 N–H and O–H groups in total. The van der Waals surface area contributed by atoms with Crippen LogP contribution in [0.25, 0.3) is 22.0 Å². The number of hydrogen-bond donors (Lipinski definition) is 1. The lowest BCUT2D eigenvalue weighted by molar-refractivity contribution is 1.27. The smallest absolute Gasteiger partial charge is 0.203 e. The molecule has 0 amide bonds. The van der Waals surface area contributed by atoms with Crippen molar-refractivity contribution in [1.82, 2.24) is 4.98 Å². The van der Waals surface area contributed by atoms with Gasteiger partial charge in [0, 0.05) is 16.0 Å². The van der Waals surface area contributed by atoms with Crippen molar-refractivity contribution in [3.05, 3.63) is 82.7 Å². The van der Waals surface area contributed by atoms with Crippen molar-refractivity contribution in [3.8, 4) is 11.3 Å². The molecule has 1 aromatic heterocycles. The van der Waals surface area contributed by atoms with Crippen LogP contribution in [0.2, 0.25) is 5.02 Å². The molecule has 4 aromatic rings. The number of aromatic nitrogens is 1. The quantitative estimate of drug-likeness (QED) is 0.327. The first-order chi connectivity index (χ1) is 12.7. The number of halogens is 1. The molecule has 0 atom stereocenters. The predicted molar refractivity (Wildman–Crippen MR) is 112 cm³/mol. The lowest BCUT2D eigenvalue weighted by Gasteiger charge is -2.04. The molecule has 0 bridgehead atoms. The summed E-state index contributed by atoms with van der Waals surface area (Å²) in [5, 5.41) is 10.4. The molecule has 0 aliphatic heterocycles. The predicted octanol–water partition coefficient (Wildman–Crippen LogP) is 6.45. The number of hydrogen-bond acceptors (Lipinski definition) is 4. The molecule has 0 saturated heterocycles. The molecule has 0 aliphatic rings. The Balaban J connectivity index is 1.52. The number of anilines is 1. The minimum atomic E-state index is 0.720. The number of benzene rings is 3. The molecule has 0 radical (unpaired) electrons. The largest absolute Gasteiger partial charge is 0.252 e. The molecule has 0 fully saturated rings. The van der Waals surface area contributed by atoms with E-state index in [9.17, 15) is 0 Å². The monoisotopic (exact) mass is 377 g/mol. The van der Waals surface area contributed by atoms with Gasteiger partial charge in [-0.3, -0.25) is 5.43 Å². The molecule has 128 valence electrons. The highest BCUT2D eigenvalue weighted by molar-refractivity contribution is 7.14. The van der Waals surface area contributed by atoms with Gasteiger partial charge in [-0.1, -0.05) is 60.1 Å². The number of hydrazone groups is 1. The first kappa shape index (κ1) is 16.8. The highest BCUT2D eigenvalue weighted by atomic mass is 35.5. The van der Waals surface area contributed by atoms with E-state index in [0.717, 1.165) is 32.7 Å². The summed E-state index contributed by atoms with van der Waals surface area (Å²) in [4.78, 5) is 4.58. The van der Waals surface area contributed by atoms with Crippen molar-refractivity contribution in [3.63, 3.8) is 0 Å². The Morgan fingerprint density at radius 3 is 2.58 bits per heavy atom. The van der Waals surface area contributed by atoms with E-state index in [2.05, 4.69) is 45.8 Å². The molecule has 3 nitrogen and oxygen atoms in total. The molecule has 3 aromatic carbocycles. The molecule has 0 saturated carbocycles. The van der Waals surface area contributed by atoms with Crippen LogP contribution in [0.5, 0.6) is 0 Å². The molecule has 4 rings (SSSR count). The van der Waals surface area contributed by atoms with Gasteiger partial charge in [0.1, 0.15) is 0 Å². The summed E-state index contributed by atoms with van der Waals surface area (Å²) in [5.41, 5.74) is 7.01. The van der Waals surface area contributed by atoms with Crippen LogP contribution in [0, 0.1) is 0 Å². The molecular weight excluding hydrogens is 362 g/mol. The topological polar surface area (TPSA) is 37.3 Å². The van der Waals surface area contributed by atoms with E-state index in [0.29, 0.717) is 0 Å². The average molecular weight is 378 g/mol. The van der Waals surface area contributed by atoms with Crippen molar-refractivity contribution in [2.45, 2.75) is 6.92 Å². The van der Waals surface area contributed by atoms with Crippen LogP contribution in [-0.2, 0) is 0 Å². The molecule has 5 heteroatoms. The highest BCUT2D eigenvalue weighted by Gasteiger charge is 2.05. The third-order valence-electron chi connectivity index (χ3n) is 4.13. The Bertz CT molecular complexity index is 1080. The fourth-order valence-electron chi connectivity index (χ4n) is 2.69. The van der Waals surface area contributed by atoms with Gasteiger partial charge in [-0.05, 0) is 41.5 Å². The van der Waals surface area contributed by atoms with E-state index < -0.39 is 0 Å².